The first-order valence-corrected chi connectivity index (χ1v) is 8.14. The van der Waals surface area contributed by atoms with Gasteiger partial charge in [0.25, 0.3) is 17.5 Å². The second kappa shape index (κ2) is 6.31. The first-order chi connectivity index (χ1) is 13.4. The maximum atomic E-state index is 12.7. The fraction of sp³-hybridized carbons (Fsp3) is 0.105. The fourth-order valence-electron chi connectivity index (χ4n) is 3.17. The molecule has 0 fully saturated rings. The molecule has 2 heterocycles. The van der Waals surface area contributed by atoms with Gasteiger partial charge in [0.1, 0.15) is 11.3 Å². The molecule has 0 radical (unpaired) electrons. The number of ether oxygens (including phenoxy) is 1. The van der Waals surface area contributed by atoms with Crippen LogP contribution in [0.15, 0.2) is 51.7 Å². The Morgan fingerprint density at radius 1 is 1.04 bits per heavy atom. The lowest BCUT2D eigenvalue weighted by molar-refractivity contribution is -0.384. The molecule has 0 bridgehead atoms. The van der Waals surface area contributed by atoms with E-state index in [9.17, 15) is 24.5 Å². The zero-order valence-electron chi connectivity index (χ0n) is 14.5. The van der Waals surface area contributed by atoms with Crippen LogP contribution >= 0.6 is 0 Å². The van der Waals surface area contributed by atoms with E-state index < -0.39 is 22.4 Å². The number of carbonyl (C=O) groups is 2. The first-order valence-electron chi connectivity index (χ1n) is 8.14. The Morgan fingerprint density at radius 2 is 1.79 bits per heavy atom. The molecule has 1 aliphatic heterocycles. The molecule has 4 rings (SSSR count). The van der Waals surface area contributed by atoms with Crippen LogP contribution in [0, 0.1) is 10.1 Å². The molecule has 1 aromatic heterocycles. The van der Waals surface area contributed by atoms with Crippen molar-refractivity contribution in [1.82, 2.24) is 4.90 Å². The Bertz CT molecular complexity index is 1230. The number of hydrogen-bond acceptors (Lipinski definition) is 7. The zero-order valence-corrected chi connectivity index (χ0v) is 14.5. The molecule has 0 N–H and O–H groups in total. The molecule has 0 aliphatic carbocycles. The summed E-state index contributed by atoms with van der Waals surface area (Å²) in [6, 6.07) is 9.58. The predicted molar refractivity (Wildman–Crippen MR) is 96.3 cm³/mol. The van der Waals surface area contributed by atoms with Gasteiger partial charge in [0.05, 0.1) is 29.7 Å². The molecule has 2 aromatic carbocycles. The maximum absolute atomic E-state index is 12.7. The highest BCUT2D eigenvalue weighted by molar-refractivity contribution is 6.21. The molecule has 2 amide bonds. The second-order valence-corrected chi connectivity index (χ2v) is 6.14. The van der Waals surface area contributed by atoms with E-state index >= 15 is 0 Å². The van der Waals surface area contributed by atoms with Crippen molar-refractivity contribution in [3.8, 4) is 5.75 Å². The van der Waals surface area contributed by atoms with Gasteiger partial charge in [-0.3, -0.25) is 24.6 Å². The van der Waals surface area contributed by atoms with Gasteiger partial charge in [0.2, 0.25) is 0 Å². The van der Waals surface area contributed by atoms with Crippen molar-refractivity contribution in [3.05, 3.63) is 79.7 Å². The number of hydrogen-bond donors (Lipinski definition) is 0. The lowest BCUT2D eigenvalue weighted by atomic mass is 10.1. The fourth-order valence-corrected chi connectivity index (χ4v) is 3.17. The second-order valence-electron chi connectivity index (χ2n) is 6.14. The van der Waals surface area contributed by atoms with Gasteiger partial charge in [-0.15, -0.1) is 0 Å². The van der Waals surface area contributed by atoms with Gasteiger partial charge in [-0.2, -0.15) is 0 Å². The highest BCUT2D eigenvalue weighted by Gasteiger charge is 2.37. The quantitative estimate of drug-likeness (QED) is 0.295. The van der Waals surface area contributed by atoms with E-state index in [4.69, 9.17) is 9.15 Å². The van der Waals surface area contributed by atoms with Crippen LogP contribution in [0.3, 0.4) is 0 Å². The van der Waals surface area contributed by atoms with Crippen LogP contribution in [-0.4, -0.2) is 28.7 Å². The minimum Gasteiger partial charge on any atom is -0.497 e. The van der Waals surface area contributed by atoms with E-state index in [-0.39, 0.29) is 28.9 Å². The number of benzene rings is 2. The van der Waals surface area contributed by atoms with Gasteiger partial charge in [0.15, 0.2) is 0 Å². The van der Waals surface area contributed by atoms with Crippen LogP contribution in [0.2, 0.25) is 0 Å². The van der Waals surface area contributed by atoms with Crippen molar-refractivity contribution in [1.29, 1.82) is 0 Å². The number of nitro groups is 1. The third-order valence-electron chi connectivity index (χ3n) is 4.53. The molecule has 140 valence electrons. The van der Waals surface area contributed by atoms with Gasteiger partial charge < -0.3 is 9.15 Å². The van der Waals surface area contributed by atoms with Crippen LogP contribution in [0.25, 0.3) is 11.0 Å². The molecular formula is C19H12N2O7. The Labute approximate surface area is 156 Å². The number of amides is 2. The van der Waals surface area contributed by atoms with Gasteiger partial charge in [-0.05, 0) is 23.8 Å². The third kappa shape index (κ3) is 2.69. The normalized spacial score (nSPS) is 13.1. The smallest absolute Gasteiger partial charge is 0.336 e. The number of nitro benzene ring substituents is 1. The summed E-state index contributed by atoms with van der Waals surface area (Å²) < 4.78 is 10.3. The van der Waals surface area contributed by atoms with Crippen molar-refractivity contribution >= 4 is 28.5 Å². The van der Waals surface area contributed by atoms with Crippen LogP contribution in [-0.2, 0) is 6.54 Å². The molecular weight excluding hydrogens is 368 g/mol. The highest BCUT2D eigenvalue weighted by Crippen LogP contribution is 2.30. The van der Waals surface area contributed by atoms with Crippen molar-refractivity contribution in [3.63, 3.8) is 0 Å². The molecule has 9 heteroatoms. The largest absolute Gasteiger partial charge is 0.497 e. The standard InChI is InChI=1S/C19H12N2O7/c1-27-12-3-5-13-10(6-17(22)28-16(13)8-12)9-20-18(23)14-4-2-11(21(25)26)7-15(14)19(20)24/h2-8H,9H2,1H3. The summed E-state index contributed by atoms with van der Waals surface area (Å²) in [5, 5.41) is 11.5. The van der Waals surface area contributed by atoms with E-state index in [1.807, 2.05) is 0 Å². The summed E-state index contributed by atoms with van der Waals surface area (Å²) >= 11 is 0. The highest BCUT2D eigenvalue weighted by atomic mass is 16.6. The molecule has 1 aliphatic rings. The topological polar surface area (TPSA) is 120 Å². The number of rotatable bonds is 4. The van der Waals surface area contributed by atoms with Gasteiger partial charge in [-0.1, -0.05) is 0 Å². The van der Waals surface area contributed by atoms with E-state index in [1.165, 1.54) is 31.4 Å². The summed E-state index contributed by atoms with van der Waals surface area (Å²) in [4.78, 5) is 48.5. The van der Waals surface area contributed by atoms with E-state index in [1.54, 1.807) is 12.1 Å². The van der Waals surface area contributed by atoms with Crippen molar-refractivity contribution in [2.45, 2.75) is 6.54 Å². The van der Waals surface area contributed by atoms with Gasteiger partial charge in [-0.25, -0.2) is 4.79 Å². The third-order valence-corrected chi connectivity index (χ3v) is 4.53. The maximum Gasteiger partial charge on any atom is 0.336 e. The van der Waals surface area contributed by atoms with Crippen molar-refractivity contribution in [2.24, 2.45) is 0 Å². The number of imide groups is 1. The minimum absolute atomic E-state index is 0.0341. The van der Waals surface area contributed by atoms with E-state index in [0.717, 1.165) is 11.0 Å². The molecule has 28 heavy (non-hydrogen) atoms. The summed E-state index contributed by atoms with van der Waals surface area (Å²) in [6.45, 7) is -0.172. The van der Waals surface area contributed by atoms with Crippen molar-refractivity contribution < 1.29 is 23.7 Å². The number of carbonyl (C=O) groups excluding carboxylic acids is 2. The summed E-state index contributed by atoms with van der Waals surface area (Å²) in [5.41, 5.74) is -0.188. The van der Waals surface area contributed by atoms with Crippen LogP contribution in [0.5, 0.6) is 5.75 Å². The first kappa shape index (κ1) is 17.4. The van der Waals surface area contributed by atoms with Crippen molar-refractivity contribution in [2.75, 3.05) is 7.11 Å². The molecule has 3 aromatic rings. The monoisotopic (exact) mass is 380 g/mol. The van der Waals surface area contributed by atoms with Crippen LogP contribution < -0.4 is 10.4 Å². The molecule has 0 unspecified atom stereocenters. The molecule has 9 nitrogen and oxygen atoms in total. The Morgan fingerprint density at radius 3 is 2.50 bits per heavy atom. The predicted octanol–water partition coefficient (Wildman–Crippen LogP) is 2.51. The molecule has 0 spiro atoms. The summed E-state index contributed by atoms with van der Waals surface area (Å²) in [7, 11) is 1.47. The van der Waals surface area contributed by atoms with Crippen LogP contribution in [0.1, 0.15) is 26.3 Å². The van der Waals surface area contributed by atoms with Gasteiger partial charge in [0, 0.05) is 29.7 Å². The van der Waals surface area contributed by atoms with E-state index in [2.05, 4.69) is 0 Å². The molecule has 0 saturated heterocycles. The van der Waals surface area contributed by atoms with Crippen LogP contribution in [0.4, 0.5) is 5.69 Å². The lowest BCUT2D eigenvalue weighted by Crippen LogP contribution is -2.29. The Hall–Kier alpha value is -4.01. The number of methoxy groups -OCH3 is 1. The summed E-state index contributed by atoms with van der Waals surface area (Å²) in [6.07, 6.45) is 0. The average molecular weight is 380 g/mol. The van der Waals surface area contributed by atoms with E-state index in [0.29, 0.717) is 16.7 Å². The minimum atomic E-state index is -0.654. The number of nitrogens with zero attached hydrogens (tertiary/aromatic N) is 2. The Balaban J connectivity index is 1.76. The zero-order chi connectivity index (χ0) is 20.0. The molecule has 0 atom stereocenters. The van der Waals surface area contributed by atoms with Gasteiger partial charge >= 0.3 is 5.63 Å². The Kier molecular flexibility index (Phi) is 3.92. The molecule has 0 saturated carbocycles. The summed E-state index contributed by atoms with van der Waals surface area (Å²) in [5.74, 6) is -0.746. The average Bonchev–Trinajstić information content (AvgIpc) is 2.91. The number of fused-ring (bicyclic) bond motifs is 2. The number of non-ortho nitro benzene ring substituents is 1. The lowest BCUT2D eigenvalue weighted by Gasteiger charge is -2.15. The SMILES string of the molecule is COc1ccc2c(CN3C(=O)c4ccc([N+](=O)[O-])cc4C3=O)cc(=O)oc2c1.